The van der Waals surface area contributed by atoms with E-state index in [0.717, 1.165) is 12.3 Å². The number of methoxy groups -OCH3 is 2. The lowest BCUT2D eigenvalue weighted by Gasteiger charge is -2.35. The van der Waals surface area contributed by atoms with E-state index in [4.69, 9.17) is 19.6 Å². The lowest BCUT2D eigenvalue weighted by molar-refractivity contribution is -0.141. The van der Waals surface area contributed by atoms with Crippen molar-refractivity contribution in [1.29, 1.82) is 5.41 Å². The van der Waals surface area contributed by atoms with Crippen LogP contribution < -0.4 is 24.8 Å². The molecule has 1 aromatic carbocycles. The lowest BCUT2D eigenvalue weighted by atomic mass is 10.1. The molecule has 0 aliphatic carbocycles. The molecule has 0 spiro atoms. The minimum atomic E-state index is -0.901. The second kappa shape index (κ2) is 11.9. The van der Waals surface area contributed by atoms with Crippen molar-refractivity contribution in [3.8, 4) is 17.2 Å². The predicted octanol–water partition coefficient (Wildman–Crippen LogP) is 1.44. The molecule has 35 heavy (non-hydrogen) atoms. The smallest absolute Gasteiger partial charge is 0.227 e. The maximum absolute atomic E-state index is 14.4. The summed E-state index contributed by atoms with van der Waals surface area (Å²) >= 11 is 0. The first-order valence-electron chi connectivity index (χ1n) is 10.6. The van der Waals surface area contributed by atoms with Gasteiger partial charge in [0, 0.05) is 44.5 Å². The Morgan fingerprint density at radius 2 is 1.86 bits per heavy atom. The van der Waals surface area contributed by atoms with Gasteiger partial charge in [0.25, 0.3) is 0 Å². The Kier molecular flexibility index (Phi) is 8.73. The number of aromatic nitrogens is 2. The van der Waals surface area contributed by atoms with Crippen LogP contribution in [0.3, 0.4) is 0 Å². The quantitative estimate of drug-likeness (QED) is 0.256. The number of hydrogen-bond donors (Lipinski definition) is 4. The highest BCUT2D eigenvalue weighted by Crippen LogP contribution is 2.31. The summed E-state index contributed by atoms with van der Waals surface area (Å²) in [6.07, 6.45) is 4.95. The van der Waals surface area contributed by atoms with E-state index in [1.807, 2.05) is 0 Å². The number of aliphatic hydroxyl groups excluding tert-OH is 1. The maximum Gasteiger partial charge on any atom is 0.227 e. The number of rotatable bonds is 12. The van der Waals surface area contributed by atoms with Gasteiger partial charge in [0.2, 0.25) is 11.9 Å². The number of nitrogens with one attached hydrogen (secondary N) is 3. The third kappa shape index (κ3) is 6.53. The average Bonchev–Trinajstić information content (AvgIpc) is 2.84. The standard InChI is InChI=1S/C22H26F2N6O5/c1-33-17-5-18(34-2)21(24)16(20(17)23)12-35-15-8-27-22(28-9-15)29-13(6-25)7-26-4-3-19(32)30-10-14(31)11-30/h5-9,14,25-26,31H,3-4,10-12H2,1-2H3,(H,27,28,29)/b13-7+,25-6?. The van der Waals surface area contributed by atoms with Crippen molar-refractivity contribution in [3.63, 3.8) is 0 Å². The topological polar surface area (TPSA) is 142 Å². The van der Waals surface area contributed by atoms with E-state index < -0.39 is 24.3 Å². The second-order valence-corrected chi connectivity index (χ2v) is 7.44. The number of likely N-dealkylation sites (tertiary alicyclic amines) is 1. The Morgan fingerprint density at radius 1 is 1.23 bits per heavy atom. The van der Waals surface area contributed by atoms with Crippen molar-refractivity contribution in [2.75, 3.05) is 39.2 Å². The van der Waals surface area contributed by atoms with Gasteiger partial charge in [-0.15, -0.1) is 0 Å². The van der Waals surface area contributed by atoms with Crippen LogP contribution in [-0.2, 0) is 11.4 Å². The lowest BCUT2D eigenvalue weighted by Crippen LogP contribution is -2.53. The van der Waals surface area contributed by atoms with Crippen LogP contribution in [0.15, 0.2) is 30.4 Å². The monoisotopic (exact) mass is 492 g/mol. The number of ether oxygens (including phenoxy) is 3. The van der Waals surface area contributed by atoms with Crippen LogP contribution in [0.1, 0.15) is 12.0 Å². The number of aliphatic hydroxyl groups is 1. The number of carbonyl (C=O) groups is 1. The van der Waals surface area contributed by atoms with Crippen LogP contribution >= 0.6 is 0 Å². The fraction of sp³-hybridized carbons (Fsp3) is 0.364. The molecule has 1 amide bonds. The molecule has 0 saturated carbocycles. The van der Waals surface area contributed by atoms with Gasteiger partial charge in [0.15, 0.2) is 28.9 Å². The van der Waals surface area contributed by atoms with Gasteiger partial charge in [-0.05, 0) is 0 Å². The Morgan fingerprint density at radius 3 is 2.40 bits per heavy atom. The van der Waals surface area contributed by atoms with Crippen molar-refractivity contribution < 1.29 is 32.9 Å². The average molecular weight is 492 g/mol. The summed E-state index contributed by atoms with van der Waals surface area (Å²) in [5, 5.41) is 22.5. The number of carbonyl (C=O) groups excluding carboxylic acids is 1. The van der Waals surface area contributed by atoms with Gasteiger partial charge in [-0.1, -0.05) is 0 Å². The Hall–Kier alpha value is -4.00. The molecular formula is C22H26F2N6O5. The van der Waals surface area contributed by atoms with Crippen LogP contribution in [0.2, 0.25) is 0 Å². The SMILES string of the molecule is COc1cc(OC)c(F)c(COc2cnc(N/C(C=N)=C/NCCC(=O)N3CC(O)C3)nc2)c1F. The van der Waals surface area contributed by atoms with E-state index >= 15 is 0 Å². The van der Waals surface area contributed by atoms with Gasteiger partial charge >= 0.3 is 0 Å². The van der Waals surface area contributed by atoms with Crippen molar-refractivity contribution in [1.82, 2.24) is 20.2 Å². The first-order chi connectivity index (χ1) is 16.9. The number of allylic oxidation sites excluding steroid dienone is 1. The van der Waals surface area contributed by atoms with Gasteiger partial charge in [-0.25, -0.2) is 18.7 Å². The molecule has 1 aromatic heterocycles. The second-order valence-electron chi connectivity index (χ2n) is 7.44. The molecule has 1 saturated heterocycles. The molecule has 0 bridgehead atoms. The van der Waals surface area contributed by atoms with Crippen LogP contribution in [0.25, 0.3) is 0 Å². The fourth-order valence-corrected chi connectivity index (χ4v) is 3.10. The third-order valence-corrected chi connectivity index (χ3v) is 5.04. The molecule has 13 heteroatoms. The molecule has 0 unspecified atom stereocenters. The summed E-state index contributed by atoms with van der Waals surface area (Å²) in [6.45, 7) is 0.611. The normalized spacial score (nSPS) is 13.6. The molecule has 1 aliphatic rings. The zero-order valence-electron chi connectivity index (χ0n) is 19.2. The largest absolute Gasteiger partial charge is 0.494 e. The number of benzene rings is 1. The molecule has 188 valence electrons. The molecule has 4 N–H and O–H groups in total. The highest BCUT2D eigenvalue weighted by atomic mass is 19.1. The van der Waals surface area contributed by atoms with Crippen molar-refractivity contribution in [2.24, 2.45) is 0 Å². The minimum absolute atomic E-state index is 0.0633. The van der Waals surface area contributed by atoms with E-state index in [1.165, 1.54) is 32.8 Å². The molecular weight excluding hydrogens is 466 g/mol. The Balaban J connectivity index is 1.52. The molecule has 2 heterocycles. The van der Waals surface area contributed by atoms with Gasteiger partial charge in [-0.2, -0.15) is 0 Å². The molecule has 3 rings (SSSR count). The van der Waals surface area contributed by atoms with Gasteiger partial charge < -0.3 is 40.3 Å². The molecule has 1 aliphatic heterocycles. The summed E-state index contributed by atoms with van der Waals surface area (Å²) in [6, 6.07) is 1.11. The predicted molar refractivity (Wildman–Crippen MR) is 122 cm³/mol. The van der Waals surface area contributed by atoms with Gasteiger partial charge in [0.05, 0.1) is 44.0 Å². The highest BCUT2D eigenvalue weighted by Gasteiger charge is 2.27. The van der Waals surface area contributed by atoms with Crippen LogP contribution in [0.4, 0.5) is 14.7 Å². The van der Waals surface area contributed by atoms with Crippen LogP contribution in [0.5, 0.6) is 17.2 Å². The summed E-state index contributed by atoms with van der Waals surface area (Å²) in [4.78, 5) is 21.5. The van der Waals surface area contributed by atoms with Crippen molar-refractivity contribution >= 4 is 18.1 Å². The molecule has 0 atom stereocenters. The Labute approximate surface area is 200 Å². The fourth-order valence-electron chi connectivity index (χ4n) is 3.10. The summed E-state index contributed by atoms with van der Waals surface area (Å²) in [5.74, 6) is -1.91. The van der Waals surface area contributed by atoms with Crippen LogP contribution in [0, 0.1) is 17.0 Å². The zero-order valence-corrected chi connectivity index (χ0v) is 19.2. The summed E-state index contributed by atoms with van der Waals surface area (Å²) in [7, 11) is 2.51. The summed E-state index contributed by atoms with van der Waals surface area (Å²) in [5.41, 5.74) is -0.0367. The van der Waals surface area contributed by atoms with Gasteiger partial charge in [0.1, 0.15) is 6.61 Å². The number of halogens is 2. The van der Waals surface area contributed by atoms with E-state index in [1.54, 1.807) is 4.90 Å². The maximum atomic E-state index is 14.4. The number of hydrogen-bond acceptors (Lipinski definition) is 10. The number of amides is 1. The van der Waals surface area contributed by atoms with E-state index in [9.17, 15) is 18.7 Å². The highest BCUT2D eigenvalue weighted by molar-refractivity contribution is 5.79. The van der Waals surface area contributed by atoms with Crippen LogP contribution in [-0.4, -0.2) is 72.1 Å². The molecule has 0 radical (unpaired) electrons. The van der Waals surface area contributed by atoms with E-state index in [-0.39, 0.29) is 41.1 Å². The first kappa shape index (κ1) is 25.6. The summed E-state index contributed by atoms with van der Waals surface area (Å²) < 4.78 is 44.1. The van der Waals surface area contributed by atoms with Crippen molar-refractivity contribution in [2.45, 2.75) is 19.1 Å². The zero-order chi connectivity index (χ0) is 25.4. The first-order valence-corrected chi connectivity index (χ1v) is 10.6. The van der Waals surface area contributed by atoms with E-state index in [2.05, 4.69) is 20.6 Å². The number of nitrogens with zero attached hydrogens (tertiary/aromatic N) is 3. The molecule has 2 aromatic rings. The van der Waals surface area contributed by atoms with E-state index in [0.29, 0.717) is 25.3 Å². The molecule has 11 nitrogen and oxygen atoms in total. The minimum Gasteiger partial charge on any atom is -0.494 e. The molecule has 1 fully saturated rings. The van der Waals surface area contributed by atoms with Crippen molar-refractivity contribution in [3.05, 3.63) is 47.6 Å². The number of anilines is 1. The third-order valence-electron chi connectivity index (χ3n) is 5.04. The number of β-amino-alcohol motifs (C(OH)–C–C–N with tert-alkyl or cyclic N) is 1. The van der Waals surface area contributed by atoms with Gasteiger partial charge in [-0.3, -0.25) is 4.79 Å². The Bertz CT molecular complexity index is 1050.